The van der Waals surface area contributed by atoms with E-state index in [0.717, 1.165) is 35.5 Å². The van der Waals surface area contributed by atoms with Crippen LogP contribution in [0.1, 0.15) is 27.0 Å². The van der Waals surface area contributed by atoms with Gasteiger partial charge in [0.25, 0.3) is 5.91 Å². The fourth-order valence-corrected chi connectivity index (χ4v) is 5.43. The Morgan fingerprint density at radius 1 is 0.943 bits per heavy atom. The second kappa shape index (κ2) is 10.3. The molecule has 3 aromatic carbocycles. The molecule has 0 spiro atoms. The topological polar surface area (TPSA) is 60.9 Å². The third-order valence-electron chi connectivity index (χ3n) is 6.30. The molecule has 1 heterocycles. The van der Waals surface area contributed by atoms with Crippen LogP contribution >= 0.6 is 11.6 Å². The molecule has 184 valence electrons. The zero-order valence-corrected chi connectivity index (χ0v) is 21.8. The first kappa shape index (κ1) is 25.1. The quantitative estimate of drug-likeness (QED) is 0.473. The number of benzene rings is 3. The van der Waals surface area contributed by atoms with Crippen LogP contribution in [-0.4, -0.2) is 51.7 Å². The zero-order valence-electron chi connectivity index (χ0n) is 20.2. The lowest BCUT2D eigenvalue weighted by Crippen LogP contribution is -2.48. The summed E-state index contributed by atoms with van der Waals surface area (Å²) in [4.78, 5) is 17.2. The number of hydrogen-bond acceptors (Lipinski definition) is 4. The molecular weight excluding hydrogens is 482 g/mol. The minimum Gasteiger partial charge on any atom is -0.368 e. The number of sulfonamides is 1. The number of anilines is 2. The van der Waals surface area contributed by atoms with Crippen LogP contribution in [0.5, 0.6) is 0 Å². The number of carbonyl (C=O) groups excluding carboxylic acids is 1. The molecule has 0 aromatic heterocycles. The number of aryl methyl sites for hydroxylation is 2. The molecule has 8 heteroatoms. The molecule has 3 aromatic rings. The van der Waals surface area contributed by atoms with E-state index >= 15 is 0 Å². The smallest absolute Gasteiger partial charge is 0.253 e. The van der Waals surface area contributed by atoms with E-state index in [2.05, 4.69) is 4.90 Å². The first-order valence-electron chi connectivity index (χ1n) is 11.6. The number of carbonyl (C=O) groups is 1. The van der Waals surface area contributed by atoms with Crippen LogP contribution in [-0.2, 0) is 16.6 Å². The summed E-state index contributed by atoms with van der Waals surface area (Å²) in [5.41, 5.74) is 5.04. The molecule has 1 amide bonds. The van der Waals surface area contributed by atoms with Gasteiger partial charge in [0.1, 0.15) is 0 Å². The van der Waals surface area contributed by atoms with Crippen molar-refractivity contribution in [2.45, 2.75) is 20.4 Å². The van der Waals surface area contributed by atoms with Gasteiger partial charge < -0.3 is 9.80 Å². The average Bonchev–Trinajstić information content (AvgIpc) is 2.83. The number of halogens is 1. The minimum atomic E-state index is -3.48. The van der Waals surface area contributed by atoms with Crippen molar-refractivity contribution in [3.8, 4) is 0 Å². The maximum absolute atomic E-state index is 13.1. The summed E-state index contributed by atoms with van der Waals surface area (Å²) in [6.07, 6.45) is 1.22. The summed E-state index contributed by atoms with van der Waals surface area (Å²) >= 11 is 6.11. The fourth-order valence-electron chi connectivity index (χ4n) is 4.31. The minimum absolute atomic E-state index is 0.0169. The fraction of sp³-hybridized carbons (Fsp3) is 0.296. The van der Waals surface area contributed by atoms with Gasteiger partial charge in [0.2, 0.25) is 10.0 Å². The Bertz CT molecular complexity index is 1320. The van der Waals surface area contributed by atoms with Crippen molar-refractivity contribution in [2.75, 3.05) is 41.6 Å². The van der Waals surface area contributed by atoms with E-state index in [0.29, 0.717) is 29.4 Å². The van der Waals surface area contributed by atoms with Gasteiger partial charge in [-0.15, -0.1) is 0 Å². The molecule has 0 N–H and O–H groups in total. The van der Waals surface area contributed by atoms with Crippen molar-refractivity contribution < 1.29 is 13.2 Å². The predicted octanol–water partition coefficient (Wildman–Crippen LogP) is 4.89. The van der Waals surface area contributed by atoms with Gasteiger partial charge in [-0.25, -0.2) is 8.42 Å². The Kier molecular flexibility index (Phi) is 7.38. The van der Waals surface area contributed by atoms with Crippen LogP contribution in [0.2, 0.25) is 5.02 Å². The summed E-state index contributed by atoms with van der Waals surface area (Å²) in [7, 11) is -3.48. The third-order valence-corrected chi connectivity index (χ3v) is 7.66. The molecule has 6 nitrogen and oxygen atoms in total. The number of piperazine rings is 1. The van der Waals surface area contributed by atoms with Gasteiger partial charge >= 0.3 is 0 Å². The molecule has 0 saturated carbocycles. The van der Waals surface area contributed by atoms with Crippen molar-refractivity contribution in [1.29, 1.82) is 0 Å². The van der Waals surface area contributed by atoms with Crippen LogP contribution in [0.4, 0.5) is 11.4 Å². The molecule has 4 rings (SSSR count). The van der Waals surface area contributed by atoms with Crippen molar-refractivity contribution in [3.05, 3.63) is 94.0 Å². The molecule has 0 aliphatic carbocycles. The molecule has 0 atom stereocenters. The van der Waals surface area contributed by atoms with Gasteiger partial charge in [0.15, 0.2) is 0 Å². The van der Waals surface area contributed by atoms with Crippen LogP contribution < -0.4 is 9.21 Å². The highest BCUT2D eigenvalue weighted by atomic mass is 35.5. The Morgan fingerprint density at radius 3 is 2.26 bits per heavy atom. The monoisotopic (exact) mass is 511 g/mol. The van der Waals surface area contributed by atoms with Gasteiger partial charge in [-0.3, -0.25) is 9.10 Å². The summed E-state index contributed by atoms with van der Waals surface area (Å²) < 4.78 is 26.6. The lowest BCUT2D eigenvalue weighted by atomic mass is 10.1. The highest BCUT2D eigenvalue weighted by molar-refractivity contribution is 7.92. The summed E-state index contributed by atoms with van der Waals surface area (Å²) in [6.45, 7) is 6.78. The largest absolute Gasteiger partial charge is 0.368 e. The van der Waals surface area contributed by atoms with E-state index in [4.69, 9.17) is 11.6 Å². The first-order valence-corrected chi connectivity index (χ1v) is 13.8. The third kappa shape index (κ3) is 5.97. The maximum atomic E-state index is 13.1. The van der Waals surface area contributed by atoms with Crippen LogP contribution in [0.15, 0.2) is 66.7 Å². The maximum Gasteiger partial charge on any atom is 0.253 e. The Balaban J connectivity index is 1.43. The molecule has 35 heavy (non-hydrogen) atoms. The molecule has 1 aliphatic rings. The second-order valence-electron chi connectivity index (χ2n) is 9.02. The summed E-state index contributed by atoms with van der Waals surface area (Å²) in [5, 5.41) is 0.702. The molecule has 1 saturated heterocycles. The normalized spacial score (nSPS) is 14.2. The van der Waals surface area contributed by atoms with E-state index in [1.807, 2.05) is 73.3 Å². The van der Waals surface area contributed by atoms with Crippen LogP contribution in [0, 0.1) is 13.8 Å². The van der Waals surface area contributed by atoms with E-state index in [1.165, 1.54) is 10.6 Å². The van der Waals surface area contributed by atoms with Gasteiger partial charge in [0, 0.05) is 42.5 Å². The SMILES string of the molecule is Cc1ccc(C)c(N(Cc2ccc(C(=O)N3CCN(c4cccc(Cl)c4)CC3)cc2)S(C)(=O)=O)c1. The average molecular weight is 512 g/mol. The second-order valence-corrected chi connectivity index (χ2v) is 11.4. The summed E-state index contributed by atoms with van der Waals surface area (Å²) in [5.74, 6) is -0.0169. The lowest BCUT2D eigenvalue weighted by molar-refractivity contribution is 0.0746. The Labute approximate surface area is 212 Å². The van der Waals surface area contributed by atoms with Crippen LogP contribution in [0.25, 0.3) is 0 Å². The zero-order chi connectivity index (χ0) is 25.2. The Hall–Kier alpha value is -3.03. The van der Waals surface area contributed by atoms with E-state index < -0.39 is 10.0 Å². The number of amides is 1. The summed E-state index contributed by atoms with van der Waals surface area (Å²) in [6, 6.07) is 20.8. The van der Waals surface area contributed by atoms with Gasteiger partial charge in [-0.2, -0.15) is 0 Å². The van der Waals surface area contributed by atoms with E-state index in [-0.39, 0.29) is 12.5 Å². The van der Waals surface area contributed by atoms with Gasteiger partial charge in [-0.1, -0.05) is 41.9 Å². The first-order chi connectivity index (χ1) is 16.6. The molecule has 1 fully saturated rings. The number of hydrogen-bond donors (Lipinski definition) is 0. The van der Waals surface area contributed by atoms with E-state index in [1.54, 1.807) is 12.1 Å². The molecular formula is C27H30ClN3O3S. The highest BCUT2D eigenvalue weighted by Crippen LogP contribution is 2.26. The lowest BCUT2D eigenvalue weighted by Gasteiger charge is -2.36. The molecule has 0 bridgehead atoms. The van der Waals surface area contributed by atoms with Crippen molar-refractivity contribution >= 4 is 38.9 Å². The highest BCUT2D eigenvalue weighted by Gasteiger charge is 2.23. The predicted molar refractivity (Wildman–Crippen MR) is 143 cm³/mol. The van der Waals surface area contributed by atoms with Crippen molar-refractivity contribution in [1.82, 2.24) is 4.90 Å². The van der Waals surface area contributed by atoms with Gasteiger partial charge in [0.05, 0.1) is 18.5 Å². The molecule has 0 radical (unpaired) electrons. The standard InChI is InChI=1S/C27H30ClN3O3S/c1-20-7-8-21(2)26(17-20)31(35(3,33)34)19-22-9-11-23(12-10-22)27(32)30-15-13-29(14-16-30)25-6-4-5-24(28)18-25/h4-12,17-18H,13-16,19H2,1-3H3. The van der Waals surface area contributed by atoms with Gasteiger partial charge in [-0.05, 0) is 66.9 Å². The van der Waals surface area contributed by atoms with Crippen molar-refractivity contribution in [3.63, 3.8) is 0 Å². The molecule has 0 unspecified atom stereocenters. The van der Waals surface area contributed by atoms with Crippen molar-refractivity contribution in [2.24, 2.45) is 0 Å². The van der Waals surface area contributed by atoms with E-state index in [9.17, 15) is 13.2 Å². The number of rotatable bonds is 6. The Morgan fingerprint density at radius 2 is 1.63 bits per heavy atom. The number of nitrogens with zero attached hydrogens (tertiary/aromatic N) is 3. The van der Waals surface area contributed by atoms with Crippen LogP contribution in [0.3, 0.4) is 0 Å². The molecule has 1 aliphatic heterocycles.